The molecular weight excluding hydrogens is 336 g/mol. The molecule has 0 aliphatic carbocycles. The van der Waals surface area contributed by atoms with Crippen molar-refractivity contribution in [2.45, 2.75) is 19.9 Å². The molecule has 0 saturated carbocycles. The number of carbonyl (C=O) groups is 3. The van der Waals surface area contributed by atoms with E-state index in [1.54, 1.807) is 30.3 Å². The standard InChI is InChI=1S/C18H22N4O4/c1-11(2)16(19)18(25)20-9-15(23)21-13-4-3-5-14(8-13)22-17(24)12-6-7-26-10-12/h3-8,10-11,16H,9,19H2,1-2H3,(H,20,25)(H,21,23)(H,22,24)/t16-/m0/s1. The van der Waals surface area contributed by atoms with Gasteiger partial charge in [0.15, 0.2) is 0 Å². The van der Waals surface area contributed by atoms with Gasteiger partial charge in [0.25, 0.3) is 5.91 Å². The largest absolute Gasteiger partial charge is 0.472 e. The molecule has 2 aromatic rings. The Hall–Kier alpha value is -3.13. The number of anilines is 2. The summed E-state index contributed by atoms with van der Waals surface area (Å²) in [5.74, 6) is -1.12. The molecule has 5 N–H and O–H groups in total. The summed E-state index contributed by atoms with van der Waals surface area (Å²) in [6, 6.07) is 7.55. The minimum absolute atomic E-state index is 0.0198. The quantitative estimate of drug-likeness (QED) is 0.597. The van der Waals surface area contributed by atoms with E-state index in [2.05, 4.69) is 16.0 Å². The Balaban J connectivity index is 1.88. The van der Waals surface area contributed by atoms with E-state index < -0.39 is 11.9 Å². The summed E-state index contributed by atoms with van der Waals surface area (Å²) in [6.07, 6.45) is 2.75. The Bertz CT molecular complexity index is 771. The van der Waals surface area contributed by atoms with Gasteiger partial charge in [0, 0.05) is 11.4 Å². The third-order valence-corrected chi connectivity index (χ3v) is 3.63. The third-order valence-electron chi connectivity index (χ3n) is 3.63. The SMILES string of the molecule is CC(C)[C@H](N)C(=O)NCC(=O)Nc1cccc(NC(=O)c2ccoc2)c1. The summed E-state index contributed by atoms with van der Waals surface area (Å²) in [6.45, 7) is 3.46. The molecule has 0 saturated heterocycles. The van der Waals surface area contributed by atoms with Crippen LogP contribution < -0.4 is 21.7 Å². The summed E-state index contributed by atoms with van der Waals surface area (Å²) in [4.78, 5) is 35.7. The van der Waals surface area contributed by atoms with Crippen LogP contribution in [0.3, 0.4) is 0 Å². The van der Waals surface area contributed by atoms with Gasteiger partial charge in [0.1, 0.15) is 6.26 Å². The molecule has 3 amide bonds. The molecule has 8 heteroatoms. The zero-order chi connectivity index (χ0) is 19.1. The normalized spacial score (nSPS) is 11.7. The number of amides is 3. The summed E-state index contributed by atoms with van der Waals surface area (Å²) in [7, 11) is 0. The van der Waals surface area contributed by atoms with E-state index in [9.17, 15) is 14.4 Å². The fraction of sp³-hybridized carbons (Fsp3) is 0.278. The van der Waals surface area contributed by atoms with Gasteiger partial charge in [-0.25, -0.2) is 0 Å². The van der Waals surface area contributed by atoms with Crippen molar-refractivity contribution >= 4 is 29.1 Å². The van der Waals surface area contributed by atoms with Gasteiger partial charge in [0.2, 0.25) is 11.8 Å². The van der Waals surface area contributed by atoms with Crippen LogP contribution in [0.5, 0.6) is 0 Å². The Morgan fingerprint density at radius 3 is 2.42 bits per heavy atom. The van der Waals surface area contributed by atoms with Crippen molar-refractivity contribution in [3.8, 4) is 0 Å². The highest BCUT2D eigenvalue weighted by Crippen LogP contribution is 2.16. The van der Waals surface area contributed by atoms with Crippen LogP contribution in [-0.4, -0.2) is 30.3 Å². The molecule has 0 aliphatic rings. The molecule has 26 heavy (non-hydrogen) atoms. The van der Waals surface area contributed by atoms with Gasteiger partial charge < -0.3 is 26.1 Å². The van der Waals surface area contributed by atoms with Crippen LogP contribution in [0, 0.1) is 5.92 Å². The second-order valence-corrected chi connectivity index (χ2v) is 6.08. The molecule has 0 unspecified atom stereocenters. The monoisotopic (exact) mass is 358 g/mol. The van der Waals surface area contributed by atoms with Gasteiger partial charge in [-0.2, -0.15) is 0 Å². The first-order valence-electron chi connectivity index (χ1n) is 8.13. The smallest absolute Gasteiger partial charge is 0.258 e. The van der Waals surface area contributed by atoms with Crippen molar-refractivity contribution in [1.29, 1.82) is 0 Å². The summed E-state index contributed by atoms with van der Waals surface area (Å²) in [5.41, 5.74) is 7.11. The molecule has 1 aromatic carbocycles. The molecule has 1 heterocycles. The summed E-state index contributed by atoms with van der Waals surface area (Å²) < 4.78 is 4.87. The van der Waals surface area contributed by atoms with E-state index in [0.29, 0.717) is 16.9 Å². The Labute approximate surface area is 151 Å². The lowest BCUT2D eigenvalue weighted by molar-refractivity contribution is -0.125. The first-order valence-corrected chi connectivity index (χ1v) is 8.13. The molecular formula is C18H22N4O4. The van der Waals surface area contributed by atoms with E-state index in [0.717, 1.165) is 0 Å². The van der Waals surface area contributed by atoms with Crippen molar-refractivity contribution in [2.75, 3.05) is 17.2 Å². The van der Waals surface area contributed by atoms with Crippen molar-refractivity contribution in [1.82, 2.24) is 5.32 Å². The van der Waals surface area contributed by atoms with E-state index in [4.69, 9.17) is 10.2 Å². The van der Waals surface area contributed by atoms with Crippen LogP contribution >= 0.6 is 0 Å². The van der Waals surface area contributed by atoms with E-state index in [-0.39, 0.29) is 24.3 Å². The molecule has 1 atom stereocenters. The lowest BCUT2D eigenvalue weighted by atomic mass is 10.1. The van der Waals surface area contributed by atoms with Crippen molar-refractivity contribution < 1.29 is 18.8 Å². The number of furan rings is 1. The Kier molecular flexibility index (Phi) is 6.51. The van der Waals surface area contributed by atoms with Crippen LogP contribution in [0.2, 0.25) is 0 Å². The molecule has 0 aliphatic heterocycles. The topological polar surface area (TPSA) is 126 Å². The van der Waals surface area contributed by atoms with Crippen molar-refractivity contribution in [2.24, 2.45) is 11.7 Å². The summed E-state index contributed by atoms with van der Waals surface area (Å²) >= 11 is 0. The predicted molar refractivity (Wildman–Crippen MR) is 97.6 cm³/mol. The number of rotatable bonds is 7. The maximum atomic E-state index is 12.0. The number of hydrogen-bond acceptors (Lipinski definition) is 5. The number of hydrogen-bond donors (Lipinski definition) is 4. The van der Waals surface area contributed by atoms with Gasteiger partial charge in [-0.1, -0.05) is 19.9 Å². The average molecular weight is 358 g/mol. The fourth-order valence-corrected chi connectivity index (χ4v) is 2.06. The van der Waals surface area contributed by atoms with Gasteiger partial charge in [-0.05, 0) is 30.2 Å². The third kappa shape index (κ3) is 5.45. The van der Waals surface area contributed by atoms with Gasteiger partial charge in [-0.15, -0.1) is 0 Å². The average Bonchev–Trinajstić information content (AvgIpc) is 3.14. The maximum Gasteiger partial charge on any atom is 0.258 e. The highest BCUT2D eigenvalue weighted by atomic mass is 16.3. The number of benzene rings is 1. The Morgan fingerprint density at radius 2 is 1.81 bits per heavy atom. The zero-order valence-corrected chi connectivity index (χ0v) is 14.6. The second-order valence-electron chi connectivity index (χ2n) is 6.08. The second kappa shape index (κ2) is 8.82. The highest BCUT2D eigenvalue weighted by molar-refractivity contribution is 6.04. The van der Waals surface area contributed by atoms with Gasteiger partial charge in [-0.3, -0.25) is 14.4 Å². The van der Waals surface area contributed by atoms with Crippen molar-refractivity contribution in [3.05, 3.63) is 48.4 Å². The molecule has 0 bridgehead atoms. The predicted octanol–water partition coefficient (Wildman–Crippen LogP) is 1.57. The first-order chi connectivity index (χ1) is 12.4. The Morgan fingerprint density at radius 1 is 1.12 bits per heavy atom. The maximum absolute atomic E-state index is 12.0. The molecule has 0 fully saturated rings. The van der Waals surface area contributed by atoms with Crippen LogP contribution in [0.25, 0.3) is 0 Å². The van der Waals surface area contributed by atoms with Crippen LogP contribution in [0.4, 0.5) is 11.4 Å². The summed E-state index contributed by atoms with van der Waals surface area (Å²) in [5, 5.41) is 7.84. The minimum Gasteiger partial charge on any atom is -0.472 e. The van der Waals surface area contributed by atoms with Crippen LogP contribution in [0.1, 0.15) is 24.2 Å². The number of nitrogens with two attached hydrogens (primary N) is 1. The van der Waals surface area contributed by atoms with E-state index in [1.807, 2.05) is 13.8 Å². The first kappa shape index (κ1) is 19.2. The van der Waals surface area contributed by atoms with Crippen LogP contribution in [-0.2, 0) is 9.59 Å². The van der Waals surface area contributed by atoms with E-state index in [1.165, 1.54) is 12.5 Å². The highest BCUT2D eigenvalue weighted by Gasteiger charge is 2.17. The fourth-order valence-electron chi connectivity index (χ4n) is 2.06. The van der Waals surface area contributed by atoms with Gasteiger partial charge >= 0.3 is 0 Å². The zero-order valence-electron chi connectivity index (χ0n) is 14.6. The molecule has 2 rings (SSSR count). The van der Waals surface area contributed by atoms with E-state index >= 15 is 0 Å². The molecule has 138 valence electrons. The molecule has 0 spiro atoms. The number of carbonyl (C=O) groups excluding carboxylic acids is 3. The number of nitrogens with one attached hydrogen (secondary N) is 3. The lowest BCUT2D eigenvalue weighted by Crippen LogP contribution is -2.46. The van der Waals surface area contributed by atoms with Crippen LogP contribution in [0.15, 0.2) is 47.3 Å². The lowest BCUT2D eigenvalue weighted by Gasteiger charge is -2.15. The minimum atomic E-state index is -0.663. The molecule has 1 aromatic heterocycles. The van der Waals surface area contributed by atoms with Crippen molar-refractivity contribution in [3.63, 3.8) is 0 Å². The molecule has 8 nitrogen and oxygen atoms in total. The van der Waals surface area contributed by atoms with Gasteiger partial charge in [0.05, 0.1) is 24.4 Å². The molecule has 0 radical (unpaired) electrons.